The second kappa shape index (κ2) is 6.23. The van der Waals surface area contributed by atoms with E-state index in [2.05, 4.69) is 61.5 Å². The number of hydrogen-bond donors (Lipinski definition) is 0. The average Bonchev–Trinajstić information content (AvgIpc) is 3.29. The van der Waals surface area contributed by atoms with Crippen LogP contribution in [0.25, 0.3) is 0 Å². The molecule has 1 atom stereocenters. The van der Waals surface area contributed by atoms with E-state index in [1.54, 1.807) is 0 Å². The molecule has 2 aromatic carbocycles. The Hall–Kier alpha value is -1.60. The van der Waals surface area contributed by atoms with E-state index < -0.39 is 0 Å². The first-order valence-electron chi connectivity index (χ1n) is 7.56. The summed E-state index contributed by atoms with van der Waals surface area (Å²) in [5, 5.41) is 0. The van der Waals surface area contributed by atoms with Crippen molar-refractivity contribution in [2.45, 2.75) is 32.3 Å². The lowest BCUT2D eigenvalue weighted by molar-refractivity contribution is 0.0754. The second-order valence-electron chi connectivity index (χ2n) is 5.81. The highest BCUT2D eigenvalue weighted by Gasteiger charge is 2.22. The maximum atomic E-state index is 6.22. The van der Waals surface area contributed by atoms with Crippen LogP contribution in [0, 0.1) is 12.8 Å². The molecule has 0 radical (unpaired) electrons. The molecule has 0 aromatic heterocycles. The molecule has 2 aromatic rings. The van der Waals surface area contributed by atoms with Crippen LogP contribution < -0.4 is 0 Å². The van der Waals surface area contributed by atoms with Gasteiger partial charge in [0.1, 0.15) is 6.10 Å². The number of hydrogen-bond acceptors (Lipinski definition) is 1. The summed E-state index contributed by atoms with van der Waals surface area (Å²) in [6, 6.07) is 19.2. The molecule has 0 aliphatic heterocycles. The van der Waals surface area contributed by atoms with Gasteiger partial charge in [0.2, 0.25) is 0 Å². The Labute approximate surface area is 121 Å². The van der Waals surface area contributed by atoms with E-state index in [4.69, 9.17) is 4.74 Å². The monoisotopic (exact) mass is 266 g/mol. The Kier molecular flexibility index (Phi) is 4.17. The van der Waals surface area contributed by atoms with Crippen LogP contribution in [-0.2, 0) is 4.74 Å². The third kappa shape index (κ3) is 3.49. The lowest BCUT2D eigenvalue weighted by Gasteiger charge is -2.19. The lowest BCUT2D eigenvalue weighted by atomic mass is 10.00. The molecule has 0 spiro atoms. The molecule has 20 heavy (non-hydrogen) atoms. The minimum absolute atomic E-state index is 0.0647. The van der Waals surface area contributed by atoms with Gasteiger partial charge in [0.05, 0.1) is 0 Å². The van der Waals surface area contributed by atoms with Crippen molar-refractivity contribution < 1.29 is 4.74 Å². The molecule has 0 amide bonds. The van der Waals surface area contributed by atoms with Crippen molar-refractivity contribution in [3.8, 4) is 0 Å². The number of ether oxygens (including phenoxy) is 1. The molecule has 1 aliphatic carbocycles. The van der Waals surface area contributed by atoms with Gasteiger partial charge in [0, 0.05) is 6.61 Å². The Morgan fingerprint density at radius 2 is 1.75 bits per heavy atom. The van der Waals surface area contributed by atoms with Crippen LogP contribution in [0.4, 0.5) is 0 Å². The van der Waals surface area contributed by atoms with E-state index in [9.17, 15) is 0 Å². The summed E-state index contributed by atoms with van der Waals surface area (Å²) in [6.07, 6.45) is 4.05. The van der Waals surface area contributed by atoms with E-state index in [-0.39, 0.29) is 6.10 Å². The van der Waals surface area contributed by atoms with Gasteiger partial charge in [-0.1, -0.05) is 73.0 Å². The van der Waals surface area contributed by atoms with Crippen LogP contribution >= 0.6 is 0 Å². The molecular weight excluding hydrogens is 244 g/mol. The van der Waals surface area contributed by atoms with Gasteiger partial charge in [-0.05, 0) is 30.4 Å². The Morgan fingerprint density at radius 3 is 2.45 bits per heavy atom. The van der Waals surface area contributed by atoms with Gasteiger partial charge in [-0.25, -0.2) is 0 Å². The fraction of sp³-hybridized carbons (Fsp3) is 0.368. The molecule has 1 saturated carbocycles. The van der Waals surface area contributed by atoms with Crippen LogP contribution in [0.1, 0.15) is 42.1 Å². The van der Waals surface area contributed by atoms with Crippen molar-refractivity contribution in [1.82, 2.24) is 0 Å². The summed E-state index contributed by atoms with van der Waals surface area (Å²) in [7, 11) is 0. The highest BCUT2D eigenvalue weighted by molar-refractivity contribution is 5.32. The van der Waals surface area contributed by atoms with E-state index in [1.165, 1.54) is 36.0 Å². The first kappa shape index (κ1) is 13.4. The van der Waals surface area contributed by atoms with Gasteiger partial charge in [-0.15, -0.1) is 0 Å². The van der Waals surface area contributed by atoms with Crippen molar-refractivity contribution in [3.05, 3.63) is 71.3 Å². The molecule has 1 nitrogen and oxygen atoms in total. The molecule has 1 unspecified atom stereocenters. The quantitative estimate of drug-likeness (QED) is 0.722. The van der Waals surface area contributed by atoms with E-state index in [0.29, 0.717) is 0 Å². The van der Waals surface area contributed by atoms with Crippen molar-refractivity contribution in [2.75, 3.05) is 6.61 Å². The average molecular weight is 266 g/mol. The minimum Gasteiger partial charge on any atom is -0.369 e. The predicted molar refractivity (Wildman–Crippen MR) is 82.8 cm³/mol. The molecule has 104 valence electrons. The van der Waals surface area contributed by atoms with E-state index in [1.807, 2.05) is 0 Å². The predicted octanol–water partition coefficient (Wildman–Crippen LogP) is 4.90. The van der Waals surface area contributed by atoms with Gasteiger partial charge < -0.3 is 4.74 Å². The zero-order chi connectivity index (χ0) is 13.8. The molecule has 0 saturated heterocycles. The first-order chi connectivity index (χ1) is 9.83. The van der Waals surface area contributed by atoms with Crippen molar-refractivity contribution in [1.29, 1.82) is 0 Å². The largest absolute Gasteiger partial charge is 0.369 e. The number of aryl methyl sites for hydroxylation is 1. The summed E-state index contributed by atoms with van der Waals surface area (Å²) in [5.41, 5.74) is 3.79. The number of rotatable bonds is 6. The van der Waals surface area contributed by atoms with E-state index >= 15 is 0 Å². The maximum Gasteiger partial charge on any atom is 0.108 e. The van der Waals surface area contributed by atoms with Crippen LogP contribution in [0.2, 0.25) is 0 Å². The van der Waals surface area contributed by atoms with Gasteiger partial charge >= 0.3 is 0 Å². The van der Waals surface area contributed by atoms with Crippen LogP contribution in [0.15, 0.2) is 54.6 Å². The normalized spacial score (nSPS) is 16.1. The Morgan fingerprint density at radius 1 is 1.00 bits per heavy atom. The summed E-state index contributed by atoms with van der Waals surface area (Å²) >= 11 is 0. The highest BCUT2D eigenvalue weighted by Crippen LogP contribution is 2.33. The van der Waals surface area contributed by atoms with E-state index in [0.717, 1.165) is 12.5 Å². The second-order valence-corrected chi connectivity index (χ2v) is 5.81. The SMILES string of the molecule is Cc1cccc(C(OCCC2CC2)c2ccccc2)c1. The Balaban J connectivity index is 1.78. The van der Waals surface area contributed by atoms with Crippen LogP contribution in [-0.4, -0.2) is 6.61 Å². The Bertz CT molecular complexity index is 543. The fourth-order valence-corrected chi connectivity index (χ4v) is 2.61. The van der Waals surface area contributed by atoms with Gasteiger partial charge in [0.25, 0.3) is 0 Å². The topological polar surface area (TPSA) is 9.23 Å². The summed E-state index contributed by atoms with van der Waals surface area (Å²) in [4.78, 5) is 0. The van der Waals surface area contributed by atoms with Crippen LogP contribution in [0.3, 0.4) is 0 Å². The molecular formula is C19H22O. The van der Waals surface area contributed by atoms with Gasteiger partial charge in [0.15, 0.2) is 0 Å². The molecule has 3 rings (SSSR count). The maximum absolute atomic E-state index is 6.22. The van der Waals surface area contributed by atoms with Crippen LogP contribution in [0.5, 0.6) is 0 Å². The smallest absolute Gasteiger partial charge is 0.108 e. The van der Waals surface area contributed by atoms with Gasteiger partial charge in [-0.3, -0.25) is 0 Å². The fourth-order valence-electron chi connectivity index (χ4n) is 2.61. The zero-order valence-electron chi connectivity index (χ0n) is 12.1. The molecule has 1 heteroatoms. The summed E-state index contributed by atoms with van der Waals surface area (Å²) in [6.45, 7) is 2.99. The third-order valence-corrected chi connectivity index (χ3v) is 3.95. The lowest BCUT2D eigenvalue weighted by Crippen LogP contribution is -2.08. The molecule has 1 fully saturated rings. The zero-order valence-corrected chi connectivity index (χ0v) is 12.1. The molecule has 0 N–H and O–H groups in total. The minimum atomic E-state index is 0.0647. The molecule has 0 bridgehead atoms. The van der Waals surface area contributed by atoms with Crippen molar-refractivity contribution in [2.24, 2.45) is 5.92 Å². The molecule has 1 aliphatic rings. The number of benzene rings is 2. The summed E-state index contributed by atoms with van der Waals surface area (Å²) in [5.74, 6) is 0.920. The highest BCUT2D eigenvalue weighted by atomic mass is 16.5. The van der Waals surface area contributed by atoms with Crippen molar-refractivity contribution >= 4 is 0 Å². The first-order valence-corrected chi connectivity index (χ1v) is 7.56. The van der Waals surface area contributed by atoms with Crippen molar-refractivity contribution in [3.63, 3.8) is 0 Å². The summed E-state index contributed by atoms with van der Waals surface area (Å²) < 4.78 is 6.22. The molecule has 0 heterocycles. The van der Waals surface area contributed by atoms with Gasteiger partial charge in [-0.2, -0.15) is 0 Å². The standard InChI is InChI=1S/C19H22O/c1-15-6-5-9-18(14-15)19(17-7-3-2-4-8-17)20-13-12-16-10-11-16/h2-9,14,16,19H,10-13H2,1H3. The third-order valence-electron chi connectivity index (χ3n) is 3.95.